The summed E-state index contributed by atoms with van der Waals surface area (Å²) in [5.41, 5.74) is 1.05. The molecule has 2 rings (SSSR count). The number of carbonyl (C=O) groups is 2. The van der Waals surface area contributed by atoms with Gasteiger partial charge in [0.05, 0.1) is 4.86 Å². The number of benzene rings is 1. The van der Waals surface area contributed by atoms with Gasteiger partial charge in [-0.25, -0.2) is 4.79 Å². The monoisotopic (exact) mass is 333 g/mol. The quantitative estimate of drug-likeness (QED) is 0.774. The van der Waals surface area contributed by atoms with E-state index in [9.17, 15) is 23.1 Å². The van der Waals surface area contributed by atoms with Crippen molar-refractivity contribution in [2.45, 2.75) is 18.9 Å². The zero-order chi connectivity index (χ0) is 16.8. The van der Waals surface area contributed by atoms with Gasteiger partial charge in [-0.15, -0.1) is 0 Å². The van der Waals surface area contributed by atoms with E-state index in [-0.39, 0.29) is 23.3 Å². The van der Waals surface area contributed by atoms with Crippen LogP contribution in [-0.4, -0.2) is 36.3 Å². The van der Waals surface area contributed by atoms with Crippen molar-refractivity contribution in [3.05, 3.63) is 59.7 Å². The van der Waals surface area contributed by atoms with E-state index >= 15 is 0 Å². The summed E-state index contributed by atoms with van der Waals surface area (Å²) in [6.45, 7) is 0. The standard InChI is InChI=1S/C16H15NO5S/c18-15(12-6-8-13(9-7-12)23(21)22)17-14(16(19)20)10-11-4-2-1-3-5-11/h1-8,14H,9-10H2,(H,17,18)(H,19,20)/t14-/m0/s1. The van der Waals surface area contributed by atoms with Crippen molar-refractivity contribution >= 4 is 27.0 Å². The van der Waals surface area contributed by atoms with Crippen molar-refractivity contribution in [1.82, 2.24) is 5.32 Å². The van der Waals surface area contributed by atoms with Crippen molar-refractivity contribution in [3.8, 4) is 0 Å². The van der Waals surface area contributed by atoms with Gasteiger partial charge in [0.2, 0.25) is 10.3 Å². The van der Waals surface area contributed by atoms with Crippen LogP contribution in [0.5, 0.6) is 0 Å². The fraction of sp³-hybridized carbons (Fsp3) is 0.188. The molecular formula is C16H15NO5S. The lowest BCUT2D eigenvalue weighted by Gasteiger charge is -2.16. The molecule has 0 fully saturated rings. The minimum Gasteiger partial charge on any atom is -0.480 e. The third kappa shape index (κ3) is 4.65. The third-order valence-corrected chi connectivity index (χ3v) is 4.07. The van der Waals surface area contributed by atoms with Crippen molar-refractivity contribution < 1.29 is 23.1 Å². The number of nitrogens with one attached hydrogen (secondary N) is 1. The van der Waals surface area contributed by atoms with Crippen LogP contribution < -0.4 is 5.32 Å². The fourth-order valence-electron chi connectivity index (χ4n) is 2.11. The number of aliphatic carboxylic acids is 1. The van der Waals surface area contributed by atoms with Crippen LogP contribution >= 0.6 is 0 Å². The van der Waals surface area contributed by atoms with Crippen molar-refractivity contribution in [2.75, 3.05) is 0 Å². The lowest BCUT2D eigenvalue weighted by atomic mass is 10.0. The molecule has 0 unspecified atom stereocenters. The largest absolute Gasteiger partial charge is 0.480 e. The number of hydrogen-bond acceptors (Lipinski definition) is 4. The molecule has 0 saturated heterocycles. The predicted molar refractivity (Wildman–Crippen MR) is 85.5 cm³/mol. The van der Waals surface area contributed by atoms with E-state index in [4.69, 9.17) is 0 Å². The highest BCUT2D eigenvalue weighted by Gasteiger charge is 2.22. The topological polar surface area (TPSA) is 101 Å². The number of carboxylic acids is 1. The van der Waals surface area contributed by atoms with E-state index in [0.29, 0.717) is 0 Å². The van der Waals surface area contributed by atoms with Crippen LogP contribution in [0.4, 0.5) is 0 Å². The maximum Gasteiger partial charge on any atom is 0.326 e. The molecular weight excluding hydrogens is 318 g/mol. The molecule has 0 aromatic heterocycles. The average Bonchev–Trinajstić information content (AvgIpc) is 2.55. The maximum absolute atomic E-state index is 12.1. The zero-order valence-electron chi connectivity index (χ0n) is 12.1. The molecule has 1 aliphatic rings. The van der Waals surface area contributed by atoms with Crippen molar-refractivity contribution in [3.63, 3.8) is 0 Å². The first-order chi connectivity index (χ1) is 11.0. The van der Waals surface area contributed by atoms with Crippen molar-refractivity contribution in [1.29, 1.82) is 0 Å². The highest BCUT2D eigenvalue weighted by molar-refractivity contribution is 7.73. The van der Waals surface area contributed by atoms with E-state index in [0.717, 1.165) is 5.56 Å². The first kappa shape index (κ1) is 16.7. The normalized spacial score (nSPS) is 14.8. The SMILES string of the molecule is O=C(N[C@@H](Cc1ccccc1)C(=O)O)C1=CCC(=S(=O)=O)C=C1. The molecule has 1 atom stereocenters. The smallest absolute Gasteiger partial charge is 0.326 e. The first-order valence-electron chi connectivity index (χ1n) is 6.88. The van der Waals surface area contributed by atoms with Gasteiger partial charge in [0.25, 0.3) is 5.91 Å². The molecule has 0 radical (unpaired) electrons. The Hall–Kier alpha value is -2.67. The van der Waals surface area contributed by atoms with Crippen LogP contribution in [0.1, 0.15) is 12.0 Å². The Balaban J connectivity index is 2.06. The Kier molecular flexibility index (Phi) is 5.48. The Morgan fingerprint density at radius 1 is 1.17 bits per heavy atom. The summed E-state index contributed by atoms with van der Waals surface area (Å²) in [7, 11) is -2.32. The van der Waals surface area contributed by atoms with E-state index in [1.807, 2.05) is 6.07 Å². The number of rotatable bonds is 5. The Morgan fingerprint density at radius 2 is 1.87 bits per heavy atom. The molecule has 1 aromatic rings. The number of carboxylic acid groups (broad SMARTS) is 1. The molecule has 0 spiro atoms. The summed E-state index contributed by atoms with van der Waals surface area (Å²) < 4.78 is 21.6. The van der Waals surface area contributed by atoms with Gasteiger partial charge in [0.1, 0.15) is 6.04 Å². The average molecular weight is 333 g/mol. The Bertz CT molecular complexity index is 798. The number of allylic oxidation sites excluding steroid dienone is 2. The second-order valence-electron chi connectivity index (χ2n) is 4.95. The minimum atomic E-state index is -2.32. The van der Waals surface area contributed by atoms with Gasteiger partial charge >= 0.3 is 5.97 Å². The molecule has 6 nitrogen and oxygen atoms in total. The number of hydrogen-bond donors (Lipinski definition) is 2. The number of carbonyl (C=O) groups excluding carboxylic acids is 1. The van der Waals surface area contributed by atoms with Crippen LogP contribution in [0, 0.1) is 0 Å². The Morgan fingerprint density at radius 3 is 2.39 bits per heavy atom. The van der Waals surface area contributed by atoms with Gasteiger partial charge in [-0.2, -0.15) is 8.42 Å². The van der Waals surface area contributed by atoms with E-state index in [1.165, 1.54) is 18.2 Å². The highest BCUT2D eigenvalue weighted by atomic mass is 32.2. The van der Waals surface area contributed by atoms with Crippen LogP contribution in [0.15, 0.2) is 54.1 Å². The van der Waals surface area contributed by atoms with Crippen LogP contribution in [0.3, 0.4) is 0 Å². The van der Waals surface area contributed by atoms with Gasteiger partial charge in [-0.3, -0.25) is 4.79 Å². The van der Waals surface area contributed by atoms with Gasteiger partial charge in [-0.05, 0) is 17.7 Å². The summed E-state index contributed by atoms with van der Waals surface area (Å²) in [5.74, 6) is -1.67. The Labute approximate surface area is 134 Å². The summed E-state index contributed by atoms with van der Waals surface area (Å²) in [5, 5.41) is 11.7. The molecule has 0 aliphatic heterocycles. The molecule has 2 N–H and O–H groups in total. The summed E-state index contributed by atoms with van der Waals surface area (Å²) in [6, 6.07) is 7.92. The third-order valence-electron chi connectivity index (χ3n) is 3.33. The lowest BCUT2D eigenvalue weighted by Crippen LogP contribution is -2.42. The van der Waals surface area contributed by atoms with Gasteiger partial charge < -0.3 is 10.4 Å². The number of amides is 1. The van der Waals surface area contributed by atoms with Gasteiger partial charge in [0, 0.05) is 18.4 Å². The van der Waals surface area contributed by atoms with Crippen LogP contribution in [0.2, 0.25) is 0 Å². The van der Waals surface area contributed by atoms with Crippen LogP contribution in [-0.2, 0) is 26.3 Å². The fourth-order valence-corrected chi connectivity index (χ4v) is 2.51. The predicted octanol–water partition coefficient (Wildman–Crippen LogP) is 0.736. The molecule has 23 heavy (non-hydrogen) atoms. The molecule has 1 amide bonds. The highest BCUT2D eigenvalue weighted by Crippen LogP contribution is 2.10. The van der Waals surface area contributed by atoms with Crippen molar-refractivity contribution in [2.24, 2.45) is 0 Å². The van der Waals surface area contributed by atoms with E-state index in [2.05, 4.69) is 5.32 Å². The molecule has 0 saturated carbocycles. The molecule has 0 bridgehead atoms. The molecule has 0 heterocycles. The second-order valence-corrected chi connectivity index (χ2v) is 5.95. The van der Waals surface area contributed by atoms with Gasteiger partial charge in [0.15, 0.2) is 0 Å². The van der Waals surface area contributed by atoms with E-state index < -0.39 is 28.2 Å². The molecule has 7 heteroatoms. The zero-order valence-corrected chi connectivity index (χ0v) is 12.9. The summed E-state index contributed by atoms with van der Waals surface area (Å²) in [4.78, 5) is 23.6. The molecule has 1 aliphatic carbocycles. The summed E-state index contributed by atoms with van der Waals surface area (Å²) in [6.07, 6.45) is 4.45. The van der Waals surface area contributed by atoms with Crippen LogP contribution in [0.25, 0.3) is 0 Å². The lowest BCUT2D eigenvalue weighted by molar-refractivity contribution is -0.141. The second kappa shape index (κ2) is 7.55. The molecule has 1 aromatic carbocycles. The van der Waals surface area contributed by atoms with E-state index in [1.54, 1.807) is 24.3 Å². The minimum absolute atomic E-state index is 0.117. The molecule has 120 valence electrons. The first-order valence-corrected chi connectivity index (χ1v) is 7.96. The summed E-state index contributed by atoms with van der Waals surface area (Å²) >= 11 is 0. The maximum atomic E-state index is 12.1. The van der Waals surface area contributed by atoms with Gasteiger partial charge in [-0.1, -0.05) is 36.4 Å².